The van der Waals surface area contributed by atoms with E-state index in [0.717, 1.165) is 5.69 Å². The van der Waals surface area contributed by atoms with Crippen LogP contribution in [-0.4, -0.2) is 18.1 Å². The first-order valence-electron chi connectivity index (χ1n) is 4.30. The number of rotatable bonds is 3. The Balaban J connectivity index is 2.00. The van der Waals surface area contributed by atoms with Gasteiger partial charge in [0.15, 0.2) is 0 Å². The molecule has 0 amide bonds. The van der Waals surface area contributed by atoms with Gasteiger partial charge in [0.25, 0.3) is 0 Å². The Morgan fingerprint density at radius 2 is 2.54 bits per heavy atom. The van der Waals surface area contributed by atoms with E-state index in [1.807, 2.05) is 5.38 Å². The molecular weight excluding hydrogens is 186 g/mol. The molecule has 4 heteroatoms. The Morgan fingerprint density at radius 3 is 3.15 bits per heavy atom. The van der Waals surface area contributed by atoms with Gasteiger partial charge >= 0.3 is 5.97 Å². The molecule has 0 aromatic carbocycles. The Morgan fingerprint density at radius 1 is 1.77 bits per heavy atom. The topological polar surface area (TPSA) is 39.2 Å². The van der Waals surface area contributed by atoms with Crippen molar-refractivity contribution in [3.63, 3.8) is 0 Å². The van der Waals surface area contributed by atoms with Crippen LogP contribution in [-0.2, 0) is 16.0 Å². The first kappa shape index (κ1) is 8.69. The van der Waals surface area contributed by atoms with Crippen molar-refractivity contribution in [2.24, 2.45) is 0 Å². The number of hydrogen-bond donors (Lipinski definition) is 0. The lowest BCUT2D eigenvalue weighted by molar-refractivity contribution is -0.139. The molecule has 0 saturated heterocycles. The molecule has 0 atom stereocenters. The lowest BCUT2D eigenvalue weighted by atomic mass is 10.3. The van der Waals surface area contributed by atoms with E-state index in [9.17, 15) is 4.79 Å². The van der Waals surface area contributed by atoms with Crippen molar-refractivity contribution in [2.75, 3.05) is 7.11 Å². The zero-order chi connectivity index (χ0) is 9.26. The SMILES string of the molecule is COC(=O)Cc1csc(C2CC2)n1. The fourth-order valence-electron chi connectivity index (χ4n) is 1.14. The van der Waals surface area contributed by atoms with E-state index >= 15 is 0 Å². The molecule has 3 nitrogen and oxygen atoms in total. The van der Waals surface area contributed by atoms with Crippen LogP contribution in [0.25, 0.3) is 0 Å². The third-order valence-corrected chi connectivity index (χ3v) is 3.11. The summed E-state index contributed by atoms with van der Waals surface area (Å²) in [4.78, 5) is 15.3. The summed E-state index contributed by atoms with van der Waals surface area (Å²) in [5, 5.41) is 3.13. The van der Waals surface area contributed by atoms with Crippen molar-refractivity contribution in [3.05, 3.63) is 16.1 Å². The van der Waals surface area contributed by atoms with Gasteiger partial charge in [0.2, 0.25) is 0 Å². The lowest BCUT2D eigenvalue weighted by Crippen LogP contribution is -2.04. The molecule has 13 heavy (non-hydrogen) atoms. The number of thiazole rings is 1. The van der Waals surface area contributed by atoms with Crippen molar-refractivity contribution < 1.29 is 9.53 Å². The fraction of sp³-hybridized carbons (Fsp3) is 0.556. The predicted molar refractivity (Wildman–Crippen MR) is 49.8 cm³/mol. The van der Waals surface area contributed by atoms with Crippen molar-refractivity contribution in [2.45, 2.75) is 25.2 Å². The molecule has 1 aliphatic rings. The summed E-state index contributed by atoms with van der Waals surface area (Å²) in [5.41, 5.74) is 0.846. The standard InChI is InChI=1S/C9H11NO2S/c1-12-8(11)4-7-5-13-9(10-7)6-2-3-6/h5-6H,2-4H2,1H3. The van der Waals surface area contributed by atoms with Crippen molar-refractivity contribution >= 4 is 17.3 Å². The van der Waals surface area contributed by atoms with Gasteiger partial charge in [-0.15, -0.1) is 11.3 Å². The van der Waals surface area contributed by atoms with Gasteiger partial charge in [0, 0.05) is 11.3 Å². The van der Waals surface area contributed by atoms with Crippen LogP contribution in [0.5, 0.6) is 0 Å². The number of aromatic nitrogens is 1. The van der Waals surface area contributed by atoms with E-state index < -0.39 is 0 Å². The van der Waals surface area contributed by atoms with Crippen molar-refractivity contribution in [1.29, 1.82) is 0 Å². The maximum absolute atomic E-state index is 10.9. The summed E-state index contributed by atoms with van der Waals surface area (Å²) >= 11 is 1.65. The predicted octanol–water partition coefficient (Wildman–Crippen LogP) is 1.74. The first-order valence-corrected chi connectivity index (χ1v) is 5.18. The van der Waals surface area contributed by atoms with Gasteiger partial charge in [-0.3, -0.25) is 4.79 Å². The van der Waals surface area contributed by atoms with Gasteiger partial charge in [-0.1, -0.05) is 0 Å². The number of methoxy groups -OCH3 is 1. The maximum Gasteiger partial charge on any atom is 0.311 e. The summed E-state index contributed by atoms with van der Waals surface area (Å²) in [7, 11) is 1.40. The highest BCUT2D eigenvalue weighted by molar-refractivity contribution is 7.09. The number of hydrogen-bond acceptors (Lipinski definition) is 4. The molecule has 2 rings (SSSR count). The van der Waals surface area contributed by atoms with Gasteiger partial charge in [-0.2, -0.15) is 0 Å². The zero-order valence-corrected chi connectivity index (χ0v) is 8.26. The second-order valence-electron chi connectivity index (χ2n) is 3.20. The summed E-state index contributed by atoms with van der Waals surface area (Å²) in [6, 6.07) is 0. The largest absolute Gasteiger partial charge is 0.469 e. The molecule has 1 fully saturated rings. The fourth-order valence-corrected chi connectivity index (χ4v) is 2.13. The van der Waals surface area contributed by atoms with Gasteiger partial charge in [-0.05, 0) is 12.8 Å². The van der Waals surface area contributed by atoms with E-state index in [4.69, 9.17) is 0 Å². The van der Waals surface area contributed by atoms with Crippen LogP contribution < -0.4 is 0 Å². The average molecular weight is 197 g/mol. The van der Waals surface area contributed by atoms with Crippen LogP contribution in [0.4, 0.5) is 0 Å². The molecule has 70 valence electrons. The number of esters is 1. The number of ether oxygens (including phenoxy) is 1. The summed E-state index contributed by atoms with van der Waals surface area (Å²) in [5.74, 6) is 0.462. The molecule has 0 N–H and O–H groups in total. The monoisotopic (exact) mass is 197 g/mol. The van der Waals surface area contributed by atoms with E-state index in [0.29, 0.717) is 12.3 Å². The third kappa shape index (κ3) is 2.06. The normalized spacial score (nSPS) is 15.8. The Kier molecular flexibility index (Phi) is 2.31. The van der Waals surface area contributed by atoms with Gasteiger partial charge in [0.05, 0.1) is 24.2 Å². The smallest absolute Gasteiger partial charge is 0.311 e. The third-order valence-electron chi connectivity index (χ3n) is 2.05. The Bertz CT molecular complexity index is 317. The summed E-state index contributed by atoms with van der Waals surface area (Å²) in [6.07, 6.45) is 2.82. The summed E-state index contributed by atoms with van der Waals surface area (Å²) < 4.78 is 4.57. The minimum absolute atomic E-state index is 0.215. The second kappa shape index (κ2) is 3.46. The zero-order valence-electron chi connectivity index (χ0n) is 7.45. The Hall–Kier alpha value is -0.900. The maximum atomic E-state index is 10.9. The molecular formula is C9H11NO2S. The molecule has 1 heterocycles. The molecule has 0 spiro atoms. The minimum Gasteiger partial charge on any atom is -0.469 e. The Labute approximate surface area is 80.8 Å². The van der Waals surface area contributed by atoms with Crippen molar-refractivity contribution in [3.8, 4) is 0 Å². The van der Waals surface area contributed by atoms with E-state index in [1.165, 1.54) is 25.0 Å². The van der Waals surface area contributed by atoms with Gasteiger partial charge in [-0.25, -0.2) is 4.98 Å². The highest BCUT2D eigenvalue weighted by Gasteiger charge is 2.26. The van der Waals surface area contributed by atoms with Crippen LogP contribution in [0.1, 0.15) is 29.5 Å². The quantitative estimate of drug-likeness (QED) is 0.693. The van der Waals surface area contributed by atoms with Crippen LogP contribution in [0.2, 0.25) is 0 Å². The van der Waals surface area contributed by atoms with Gasteiger partial charge in [0.1, 0.15) is 0 Å². The number of carbonyl (C=O) groups is 1. The molecule has 1 saturated carbocycles. The molecule has 1 aliphatic carbocycles. The minimum atomic E-state index is -0.215. The number of nitrogens with zero attached hydrogens (tertiary/aromatic N) is 1. The average Bonchev–Trinajstić information content (AvgIpc) is 2.88. The molecule has 1 aromatic rings. The molecule has 0 radical (unpaired) electrons. The highest BCUT2D eigenvalue weighted by atomic mass is 32.1. The van der Waals surface area contributed by atoms with E-state index in [2.05, 4.69) is 9.72 Å². The second-order valence-corrected chi connectivity index (χ2v) is 4.09. The number of carbonyl (C=O) groups excluding carboxylic acids is 1. The summed E-state index contributed by atoms with van der Waals surface area (Å²) in [6.45, 7) is 0. The molecule has 0 aliphatic heterocycles. The van der Waals surface area contributed by atoms with Gasteiger partial charge < -0.3 is 4.74 Å². The van der Waals surface area contributed by atoms with Crippen LogP contribution in [0.3, 0.4) is 0 Å². The van der Waals surface area contributed by atoms with Crippen molar-refractivity contribution in [1.82, 2.24) is 4.98 Å². The van der Waals surface area contributed by atoms with E-state index in [1.54, 1.807) is 11.3 Å². The van der Waals surface area contributed by atoms with E-state index in [-0.39, 0.29) is 5.97 Å². The molecule has 1 aromatic heterocycles. The molecule has 0 unspecified atom stereocenters. The highest BCUT2D eigenvalue weighted by Crippen LogP contribution is 2.41. The lowest BCUT2D eigenvalue weighted by Gasteiger charge is -1.93. The molecule has 0 bridgehead atoms. The van der Waals surface area contributed by atoms with Crippen LogP contribution in [0, 0.1) is 0 Å². The van der Waals surface area contributed by atoms with Crippen LogP contribution in [0.15, 0.2) is 5.38 Å². The van der Waals surface area contributed by atoms with Crippen LogP contribution >= 0.6 is 11.3 Å². The first-order chi connectivity index (χ1) is 6.29.